The van der Waals surface area contributed by atoms with Gasteiger partial charge < -0.3 is 9.47 Å². The third kappa shape index (κ3) is 7.18. The van der Waals surface area contributed by atoms with Crippen molar-refractivity contribution in [1.82, 2.24) is 0 Å². The minimum Gasteiger partial charge on any atom is -0.490 e. The Morgan fingerprint density at radius 1 is 0.882 bits per heavy atom. The highest BCUT2D eigenvalue weighted by Crippen LogP contribution is 2.34. The lowest BCUT2D eigenvalue weighted by atomic mass is 10.00. The number of aryl methyl sites for hydroxylation is 2. The summed E-state index contributed by atoms with van der Waals surface area (Å²) >= 11 is 0. The summed E-state index contributed by atoms with van der Waals surface area (Å²) in [7, 11) is 0. The highest BCUT2D eigenvalue weighted by molar-refractivity contribution is 6.00. The highest BCUT2D eigenvalue weighted by Gasteiger charge is 2.18. The minimum atomic E-state index is 0.000422. The molecular weight excluding hydrogens is 424 g/mol. The molecule has 180 valence electrons. The summed E-state index contributed by atoms with van der Waals surface area (Å²) in [6, 6.07) is 14.4. The van der Waals surface area contributed by atoms with E-state index in [1.165, 1.54) is 22.3 Å². The van der Waals surface area contributed by atoms with E-state index in [0.29, 0.717) is 32.5 Å². The molecule has 3 rings (SSSR count). The zero-order valence-corrected chi connectivity index (χ0v) is 20.9. The Hall–Kier alpha value is -3.14. The average Bonchev–Trinajstić information content (AvgIpc) is 3.16. The first-order valence-electron chi connectivity index (χ1n) is 12.3. The van der Waals surface area contributed by atoms with Gasteiger partial charge in [-0.05, 0) is 81.4 Å². The topological polar surface area (TPSA) is 52.6 Å². The van der Waals surface area contributed by atoms with Crippen LogP contribution in [0.25, 0.3) is 5.57 Å². The van der Waals surface area contributed by atoms with E-state index in [1.54, 1.807) is 0 Å². The SMILES string of the molecule is CCOc1ccc(CCCC(=O)CC(=O)CC2=C(C)CC(c3ccc(C)cc3)=C2)cc1OCC. The molecule has 2 aromatic carbocycles. The molecule has 0 amide bonds. The van der Waals surface area contributed by atoms with Gasteiger partial charge in [0.15, 0.2) is 11.5 Å². The van der Waals surface area contributed by atoms with Gasteiger partial charge >= 0.3 is 0 Å². The summed E-state index contributed by atoms with van der Waals surface area (Å²) in [5.74, 6) is 1.49. The van der Waals surface area contributed by atoms with Gasteiger partial charge in [0.1, 0.15) is 11.6 Å². The molecule has 0 saturated carbocycles. The van der Waals surface area contributed by atoms with Crippen molar-refractivity contribution in [3.8, 4) is 11.5 Å². The van der Waals surface area contributed by atoms with E-state index >= 15 is 0 Å². The van der Waals surface area contributed by atoms with Gasteiger partial charge in [-0.15, -0.1) is 0 Å². The third-order valence-electron chi connectivity index (χ3n) is 6.09. The van der Waals surface area contributed by atoms with Crippen LogP contribution >= 0.6 is 0 Å². The molecule has 34 heavy (non-hydrogen) atoms. The Bertz CT molecular complexity index is 1070. The molecule has 0 radical (unpaired) electrons. The van der Waals surface area contributed by atoms with Crippen molar-refractivity contribution in [3.05, 3.63) is 76.4 Å². The predicted molar refractivity (Wildman–Crippen MR) is 137 cm³/mol. The van der Waals surface area contributed by atoms with Crippen molar-refractivity contribution in [2.45, 2.75) is 66.2 Å². The molecule has 2 aromatic rings. The van der Waals surface area contributed by atoms with E-state index in [1.807, 2.05) is 32.0 Å². The monoisotopic (exact) mass is 460 g/mol. The van der Waals surface area contributed by atoms with Crippen molar-refractivity contribution in [2.75, 3.05) is 13.2 Å². The minimum absolute atomic E-state index is 0.000422. The Morgan fingerprint density at radius 3 is 2.29 bits per heavy atom. The van der Waals surface area contributed by atoms with E-state index < -0.39 is 0 Å². The first-order valence-corrected chi connectivity index (χ1v) is 12.3. The first kappa shape index (κ1) is 25.5. The summed E-state index contributed by atoms with van der Waals surface area (Å²) in [6.45, 7) is 9.20. The molecule has 0 heterocycles. The number of carbonyl (C=O) groups is 2. The number of rotatable bonds is 13. The van der Waals surface area contributed by atoms with Gasteiger partial charge in [0.2, 0.25) is 0 Å². The number of ketones is 2. The second kappa shape index (κ2) is 12.4. The average molecular weight is 461 g/mol. The maximum atomic E-state index is 12.6. The molecule has 0 unspecified atom stereocenters. The van der Waals surface area contributed by atoms with Gasteiger partial charge in [-0.3, -0.25) is 9.59 Å². The van der Waals surface area contributed by atoms with Crippen molar-refractivity contribution in [1.29, 1.82) is 0 Å². The van der Waals surface area contributed by atoms with Gasteiger partial charge in [0, 0.05) is 12.8 Å². The third-order valence-corrected chi connectivity index (χ3v) is 6.09. The van der Waals surface area contributed by atoms with Gasteiger partial charge in [0.05, 0.1) is 19.6 Å². The van der Waals surface area contributed by atoms with Gasteiger partial charge in [-0.1, -0.05) is 47.5 Å². The van der Waals surface area contributed by atoms with E-state index in [2.05, 4.69) is 44.2 Å². The van der Waals surface area contributed by atoms with Crippen LogP contribution in [0.1, 0.15) is 69.6 Å². The molecule has 0 N–H and O–H groups in total. The van der Waals surface area contributed by atoms with Crippen LogP contribution in [0, 0.1) is 6.92 Å². The summed E-state index contributed by atoms with van der Waals surface area (Å²) in [5.41, 5.74) is 7.06. The summed E-state index contributed by atoms with van der Waals surface area (Å²) in [4.78, 5) is 25.0. The maximum Gasteiger partial charge on any atom is 0.161 e. The molecule has 4 nitrogen and oxygen atoms in total. The Labute approximate surface area is 203 Å². The van der Waals surface area contributed by atoms with Crippen LogP contribution in [0.4, 0.5) is 0 Å². The second-order valence-electron chi connectivity index (χ2n) is 8.95. The molecule has 1 aliphatic rings. The maximum absolute atomic E-state index is 12.6. The lowest BCUT2D eigenvalue weighted by Gasteiger charge is -2.12. The van der Waals surface area contributed by atoms with Gasteiger partial charge in [-0.2, -0.15) is 0 Å². The lowest BCUT2D eigenvalue weighted by molar-refractivity contribution is -0.126. The van der Waals surface area contributed by atoms with E-state index in [0.717, 1.165) is 35.5 Å². The molecule has 0 bridgehead atoms. The fourth-order valence-electron chi connectivity index (χ4n) is 4.26. The van der Waals surface area contributed by atoms with E-state index in [-0.39, 0.29) is 18.0 Å². The zero-order valence-electron chi connectivity index (χ0n) is 20.9. The number of Topliss-reactive ketones (excluding diaryl/α,β-unsaturated/α-hetero) is 2. The van der Waals surface area contributed by atoms with Crippen LogP contribution in [-0.2, 0) is 16.0 Å². The Balaban J connectivity index is 1.47. The fraction of sp³-hybridized carbons (Fsp3) is 0.400. The van der Waals surface area contributed by atoms with Crippen LogP contribution in [0.3, 0.4) is 0 Å². The van der Waals surface area contributed by atoms with Crippen molar-refractivity contribution in [2.24, 2.45) is 0 Å². The normalized spacial score (nSPS) is 13.1. The zero-order chi connectivity index (χ0) is 24.5. The molecule has 4 heteroatoms. The largest absolute Gasteiger partial charge is 0.490 e. The van der Waals surface area contributed by atoms with Crippen molar-refractivity contribution >= 4 is 17.1 Å². The standard InChI is InChI=1S/C30H36O4/c1-5-33-29-15-12-23(17-30(29)34-6-2)8-7-9-27(31)20-28(32)19-25-18-26(16-22(25)4)24-13-10-21(3)11-14-24/h10-15,17-18H,5-9,16,19-20H2,1-4H3. The number of benzene rings is 2. The van der Waals surface area contributed by atoms with Crippen LogP contribution < -0.4 is 9.47 Å². The molecule has 0 saturated heterocycles. The van der Waals surface area contributed by atoms with Gasteiger partial charge in [0.25, 0.3) is 0 Å². The number of carbonyl (C=O) groups excluding carboxylic acids is 2. The summed E-state index contributed by atoms with van der Waals surface area (Å²) < 4.78 is 11.3. The summed E-state index contributed by atoms with van der Waals surface area (Å²) in [6.07, 6.45) is 5.23. The van der Waals surface area contributed by atoms with Crippen molar-refractivity contribution in [3.63, 3.8) is 0 Å². The molecule has 0 aromatic heterocycles. The molecular formula is C30H36O4. The molecule has 0 spiro atoms. The number of ether oxygens (including phenoxy) is 2. The van der Waals surface area contributed by atoms with Crippen LogP contribution in [0.5, 0.6) is 11.5 Å². The Morgan fingerprint density at radius 2 is 1.59 bits per heavy atom. The number of allylic oxidation sites excluding steroid dienone is 4. The second-order valence-corrected chi connectivity index (χ2v) is 8.95. The van der Waals surface area contributed by atoms with Crippen LogP contribution in [0.15, 0.2) is 59.7 Å². The van der Waals surface area contributed by atoms with E-state index in [4.69, 9.17) is 9.47 Å². The molecule has 0 fully saturated rings. The smallest absolute Gasteiger partial charge is 0.161 e. The van der Waals surface area contributed by atoms with Crippen LogP contribution in [-0.4, -0.2) is 24.8 Å². The predicted octanol–water partition coefficient (Wildman–Crippen LogP) is 6.84. The fourth-order valence-corrected chi connectivity index (χ4v) is 4.26. The van der Waals surface area contributed by atoms with Crippen molar-refractivity contribution < 1.29 is 19.1 Å². The van der Waals surface area contributed by atoms with Crippen LogP contribution in [0.2, 0.25) is 0 Å². The quantitative estimate of drug-likeness (QED) is 0.307. The lowest BCUT2D eigenvalue weighted by Crippen LogP contribution is -2.08. The summed E-state index contributed by atoms with van der Waals surface area (Å²) in [5, 5.41) is 0. The Kier molecular flexibility index (Phi) is 9.26. The van der Waals surface area contributed by atoms with E-state index in [9.17, 15) is 9.59 Å². The molecule has 1 aliphatic carbocycles. The van der Waals surface area contributed by atoms with Gasteiger partial charge in [-0.25, -0.2) is 0 Å². The first-order chi connectivity index (χ1) is 16.4. The number of hydrogen-bond acceptors (Lipinski definition) is 4. The molecule has 0 aliphatic heterocycles. The molecule has 0 atom stereocenters. The number of hydrogen-bond donors (Lipinski definition) is 0. The highest BCUT2D eigenvalue weighted by atomic mass is 16.5.